The molecule has 0 spiro atoms. The first-order valence-electron chi connectivity index (χ1n) is 26.9. The Morgan fingerprint density at radius 3 is 0.819 bits per heavy atom. The third-order valence-electron chi connectivity index (χ3n) is 15.3. The summed E-state index contributed by atoms with van der Waals surface area (Å²) in [5.41, 5.74) is 0. The van der Waals surface area contributed by atoms with Crippen molar-refractivity contribution in [3.8, 4) is 0 Å². The van der Waals surface area contributed by atoms with E-state index in [4.69, 9.17) is 75.8 Å². The molecule has 6 aliphatic rings. The molecule has 6 aliphatic heterocycles. The SMILES string of the molecule is COC1OC(CO)C(OC2OC(COCC(O)C[N+](C)(C)CC(O)COCC3OC(OC4C(CO)OC(OC)C(O)C4O)C(O)C(O)C3OC3OC(CO)C(OC)C(O)C3O)C(OC3OC(CO)C(OC)C(O)C3O)C(O)C2O)C(O)C1O. The Kier molecular flexibility index (Phi) is 27.1. The molecule has 6 rings (SSSR count). The van der Waals surface area contributed by atoms with Crippen LogP contribution in [-0.2, 0) is 75.8 Å². The molecule has 0 bridgehead atoms. The predicted octanol–water partition coefficient (Wildman–Crippen LogP) is -12.7. The molecule has 0 aromatic carbocycles. The van der Waals surface area contributed by atoms with Crippen molar-refractivity contribution in [2.45, 2.75) is 196 Å². The fourth-order valence-electron chi connectivity index (χ4n) is 11.0. The molecule has 35 nitrogen and oxygen atoms in total. The van der Waals surface area contributed by atoms with Crippen molar-refractivity contribution >= 4 is 0 Å². The van der Waals surface area contributed by atoms with Crippen molar-refractivity contribution in [2.75, 3.05) is 108 Å². The second-order valence-corrected chi connectivity index (χ2v) is 21.8. The second kappa shape index (κ2) is 31.9. The molecule has 0 aliphatic carbocycles. The lowest BCUT2D eigenvalue weighted by Gasteiger charge is -2.48. The van der Waals surface area contributed by atoms with Crippen LogP contribution in [0.25, 0.3) is 0 Å². The van der Waals surface area contributed by atoms with E-state index in [1.807, 2.05) is 0 Å². The average molecular weight is 1220 g/mol. The van der Waals surface area contributed by atoms with E-state index in [9.17, 15) is 91.9 Å². The minimum Gasteiger partial charge on any atom is -0.394 e. The Labute approximate surface area is 476 Å². The summed E-state index contributed by atoms with van der Waals surface area (Å²) in [6, 6.07) is 0. The van der Waals surface area contributed by atoms with Gasteiger partial charge in [0.25, 0.3) is 0 Å². The number of aliphatic hydroxyl groups excluding tert-OH is 18. The van der Waals surface area contributed by atoms with Crippen molar-refractivity contribution in [1.29, 1.82) is 0 Å². The fraction of sp³-hybridized carbons (Fsp3) is 1.00. The van der Waals surface area contributed by atoms with Gasteiger partial charge in [0.05, 0.1) is 67.0 Å². The van der Waals surface area contributed by atoms with Gasteiger partial charge in [0.1, 0.15) is 172 Å². The Bertz CT molecular complexity index is 1740. The number of ether oxygens (including phenoxy) is 16. The van der Waals surface area contributed by atoms with E-state index < -0.39 is 249 Å². The van der Waals surface area contributed by atoms with Crippen LogP contribution in [-0.4, -0.2) is 401 Å². The quantitative estimate of drug-likeness (QED) is 0.0324. The highest BCUT2D eigenvalue weighted by molar-refractivity contribution is 4.99. The molecule has 32 atom stereocenters. The molecule has 32 unspecified atom stereocenters. The summed E-state index contributed by atoms with van der Waals surface area (Å²) in [6.07, 6.45) is -52.0. The highest BCUT2D eigenvalue weighted by atomic mass is 16.8. The lowest BCUT2D eigenvalue weighted by molar-refractivity contribution is -0.896. The molecule has 83 heavy (non-hydrogen) atoms. The highest BCUT2D eigenvalue weighted by Crippen LogP contribution is 2.36. The molecule has 0 aromatic rings. The molecular formula is C48H88NO34+. The summed E-state index contributed by atoms with van der Waals surface area (Å²) in [5.74, 6) is 0. The van der Waals surface area contributed by atoms with E-state index in [0.717, 1.165) is 0 Å². The summed E-state index contributed by atoms with van der Waals surface area (Å²) >= 11 is 0. The summed E-state index contributed by atoms with van der Waals surface area (Å²) in [4.78, 5) is 0. The molecule has 0 amide bonds. The number of hydrogen-bond acceptors (Lipinski definition) is 34. The lowest BCUT2D eigenvalue weighted by atomic mass is 9.96. The summed E-state index contributed by atoms with van der Waals surface area (Å²) in [5, 5.41) is 195. The zero-order valence-corrected chi connectivity index (χ0v) is 46.6. The van der Waals surface area contributed by atoms with E-state index in [1.54, 1.807) is 14.1 Å². The predicted molar refractivity (Wildman–Crippen MR) is 263 cm³/mol. The molecule has 6 saturated heterocycles. The third-order valence-corrected chi connectivity index (χ3v) is 15.3. The van der Waals surface area contributed by atoms with Crippen molar-refractivity contribution in [3.05, 3.63) is 0 Å². The molecule has 488 valence electrons. The van der Waals surface area contributed by atoms with Crippen molar-refractivity contribution in [1.82, 2.24) is 0 Å². The third kappa shape index (κ3) is 16.7. The minimum atomic E-state index is -2.02. The maximum atomic E-state index is 11.5. The molecule has 0 aromatic heterocycles. The monoisotopic (exact) mass is 1220 g/mol. The maximum Gasteiger partial charge on any atom is 0.187 e. The van der Waals surface area contributed by atoms with E-state index in [1.165, 1.54) is 28.4 Å². The van der Waals surface area contributed by atoms with Gasteiger partial charge in [-0.05, 0) is 0 Å². The zero-order valence-electron chi connectivity index (χ0n) is 46.6. The van der Waals surface area contributed by atoms with Crippen LogP contribution < -0.4 is 0 Å². The number of aliphatic hydroxyl groups is 18. The standard InChI is InChI=1S/C48H88NO34/c1-49(2,7-17(54)13-72-15-23-41(82-45-33(64)25(56)37(68-3)19(9-50)76-45)29(60)35(66)47(78-23)80-39-21(11-52)74-43(70-5)31(62)27(39)58)8-18(55)14-73-16-24-42(83-46-34(65)26(57)38(69-4)20(10-51)77-46)30(61)36(67)48(79-24)81-40-22(12-53)75-44(71-6)32(63)28(40)59/h17-48,50-67H,7-16H2,1-6H3/q+1. The van der Waals surface area contributed by atoms with Gasteiger partial charge >= 0.3 is 0 Å². The van der Waals surface area contributed by atoms with Crippen LogP contribution in [0.2, 0.25) is 0 Å². The molecule has 18 N–H and O–H groups in total. The van der Waals surface area contributed by atoms with Crippen LogP contribution in [0.1, 0.15) is 0 Å². The van der Waals surface area contributed by atoms with Crippen LogP contribution in [0.15, 0.2) is 0 Å². The highest BCUT2D eigenvalue weighted by Gasteiger charge is 2.56. The fourth-order valence-corrected chi connectivity index (χ4v) is 11.0. The van der Waals surface area contributed by atoms with Gasteiger partial charge in [-0.25, -0.2) is 0 Å². The number of likely N-dealkylation sites (N-methyl/N-ethyl adjacent to an activating group) is 1. The first-order chi connectivity index (χ1) is 39.3. The minimum absolute atomic E-state index is 0.114. The van der Waals surface area contributed by atoms with Crippen LogP contribution in [0.5, 0.6) is 0 Å². The summed E-state index contributed by atoms with van der Waals surface area (Å²) in [6.45, 7) is -5.27. The Hall–Kier alpha value is -1.40. The number of rotatable bonds is 28. The van der Waals surface area contributed by atoms with E-state index in [2.05, 4.69) is 0 Å². The molecule has 6 heterocycles. The zero-order chi connectivity index (χ0) is 61.4. The second-order valence-electron chi connectivity index (χ2n) is 21.8. The van der Waals surface area contributed by atoms with Gasteiger partial charge in [-0.2, -0.15) is 0 Å². The first-order valence-corrected chi connectivity index (χ1v) is 26.9. The molecule has 6 fully saturated rings. The Balaban J connectivity index is 1.10. The maximum absolute atomic E-state index is 11.5. The van der Waals surface area contributed by atoms with Gasteiger partial charge < -0.3 is 172 Å². The van der Waals surface area contributed by atoms with Gasteiger partial charge in [0, 0.05) is 28.4 Å². The van der Waals surface area contributed by atoms with Gasteiger partial charge in [-0.3, -0.25) is 0 Å². The van der Waals surface area contributed by atoms with Gasteiger partial charge in [0.15, 0.2) is 37.7 Å². The number of methoxy groups -OCH3 is 4. The summed E-state index contributed by atoms with van der Waals surface area (Å²) < 4.78 is 89.7. The topological polar surface area (TPSA) is 512 Å². The lowest BCUT2D eigenvalue weighted by Crippen LogP contribution is -2.66. The Morgan fingerprint density at radius 1 is 0.325 bits per heavy atom. The van der Waals surface area contributed by atoms with E-state index in [-0.39, 0.29) is 17.6 Å². The van der Waals surface area contributed by atoms with Crippen molar-refractivity contribution < 1.29 is 172 Å². The van der Waals surface area contributed by atoms with Crippen molar-refractivity contribution in [3.63, 3.8) is 0 Å². The van der Waals surface area contributed by atoms with Crippen LogP contribution in [0.3, 0.4) is 0 Å². The molecule has 35 heteroatoms. The largest absolute Gasteiger partial charge is 0.394 e. The smallest absolute Gasteiger partial charge is 0.187 e. The van der Waals surface area contributed by atoms with Crippen LogP contribution in [0.4, 0.5) is 0 Å². The van der Waals surface area contributed by atoms with Gasteiger partial charge in [0.2, 0.25) is 0 Å². The molecule has 0 saturated carbocycles. The number of hydrogen-bond donors (Lipinski definition) is 18. The normalized spacial score (nSPS) is 46.4. The average Bonchev–Trinajstić information content (AvgIpc) is 3.66. The van der Waals surface area contributed by atoms with Gasteiger partial charge in [-0.15, -0.1) is 0 Å². The number of nitrogens with zero attached hydrogens (tertiary/aromatic N) is 1. The van der Waals surface area contributed by atoms with Gasteiger partial charge in [-0.1, -0.05) is 0 Å². The number of quaternary nitrogens is 1. The van der Waals surface area contributed by atoms with Crippen LogP contribution >= 0.6 is 0 Å². The van der Waals surface area contributed by atoms with Crippen molar-refractivity contribution in [2.24, 2.45) is 0 Å². The van der Waals surface area contributed by atoms with Crippen LogP contribution in [0, 0.1) is 0 Å². The Morgan fingerprint density at radius 2 is 0.554 bits per heavy atom. The van der Waals surface area contributed by atoms with E-state index >= 15 is 0 Å². The molecule has 0 radical (unpaired) electrons. The summed E-state index contributed by atoms with van der Waals surface area (Å²) in [7, 11) is 8.03. The molecular weight excluding hydrogens is 1130 g/mol. The first kappa shape index (κ1) is 70.7. The van der Waals surface area contributed by atoms with E-state index in [0.29, 0.717) is 0 Å².